The van der Waals surface area contributed by atoms with E-state index in [9.17, 15) is 0 Å². The van der Waals surface area contributed by atoms with Crippen LogP contribution in [0.4, 0.5) is 0 Å². The highest BCUT2D eigenvalue weighted by Gasteiger charge is 2.18. The maximum atomic E-state index is 6.94. The summed E-state index contributed by atoms with van der Waals surface area (Å²) in [6, 6.07) is 62.2. The minimum Gasteiger partial charge on any atom is -0.381 e. The molecule has 240 valence electrons. The third-order valence-corrected chi connectivity index (χ3v) is 9.75. The average Bonchev–Trinajstić information content (AvgIpc) is 3.70. The van der Waals surface area contributed by atoms with Crippen molar-refractivity contribution in [3.8, 4) is 11.4 Å². The molecule has 1 unspecified atom stereocenters. The number of nitrogens with zero attached hydrogens (tertiary/aromatic N) is 2. The van der Waals surface area contributed by atoms with Crippen LogP contribution in [-0.4, -0.2) is 9.13 Å². The number of benzene rings is 7. The van der Waals surface area contributed by atoms with Crippen LogP contribution in [0.5, 0.6) is 0 Å². The van der Waals surface area contributed by atoms with Gasteiger partial charge in [0.15, 0.2) is 0 Å². The molecule has 7 aromatic carbocycles. The van der Waals surface area contributed by atoms with Gasteiger partial charge in [-0.2, -0.15) is 0 Å². The minimum atomic E-state index is -0.303. The van der Waals surface area contributed by atoms with E-state index in [1.807, 2.05) is 18.2 Å². The van der Waals surface area contributed by atoms with Crippen molar-refractivity contribution in [2.75, 3.05) is 0 Å². The number of para-hydroxylation sites is 4. The second-order valence-electron chi connectivity index (χ2n) is 12.8. The predicted molar refractivity (Wildman–Crippen MR) is 210 cm³/mol. The van der Waals surface area contributed by atoms with Crippen molar-refractivity contribution in [2.45, 2.75) is 12.6 Å². The molecular formula is C46H36N4. The predicted octanol–water partition coefficient (Wildman–Crippen LogP) is 10.7. The maximum absolute atomic E-state index is 6.94. The molecule has 2 aromatic heterocycles. The Morgan fingerprint density at radius 2 is 0.900 bits per heavy atom. The van der Waals surface area contributed by atoms with Crippen LogP contribution < -0.4 is 11.1 Å². The smallest absolute Gasteiger partial charge is 0.0541 e. The maximum Gasteiger partial charge on any atom is 0.0541 e. The lowest BCUT2D eigenvalue weighted by Crippen LogP contribution is -2.16. The normalized spacial score (nSPS) is 12.6. The van der Waals surface area contributed by atoms with Gasteiger partial charge in [0.25, 0.3) is 0 Å². The Balaban J connectivity index is 1.33. The molecule has 0 aliphatic heterocycles. The molecule has 0 saturated carbocycles. The van der Waals surface area contributed by atoms with Gasteiger partial charge >= 0.3 is 0 Å². The Bertz CT molecular complexity index is 2420. The van der Waals surface area contributed by atoms with E-state index in [4.69, 9.17) is 5.73 Å². The number of hydrogen-bond acceptors (Lipinski definition) is 2. The Morgan fingerprint density at radius 1 is 0.500 bits per heavy atom. The zero-order valence-electron chi connectivity index (χ0n) is 27.6. The van der Waals surface area contributed by atoms with Gasteiger partial charge in [0.2, 0.25) is 0 Å². The van der Waals surface area contributed by atoms with Crippen LogP contribution in [0.25, 0.3) is 60.7 Å². The first-order valence-corrected chi connectivity index (χ1v) is 17.2. The van der Waals surface area contributed by atoms with Crippen LogP contribution in [0.2, 0.25) is 0 Å². The molecule has 4 nitrogen and oxygen atoms in total. The molecule has 4 heteroatoms. The van der Waals surface area contributed by atoms with Crippen molar-refractivity contribution in [1.29, 1.82) is 0 Å². The summed E-state index contributed by atoms with van der Waals surface area (Å²) < 4.78 is 4.80. The second kappa shape index (κ2) is 12.6. The van der Waals surface area contributed by atoms with Gasteiger partial charge in [-0.3, -0.25) is 0 Å². The van der Waals surface area contributed by atoms with E-state index in [1.54, 1.807) is 0 Å². The Morgan fingerprint density at radius 3 is 1.36 bits per heavy atom. The van der Waals surface area contributed by atoms with Crippen molar-refractivity contribution >= 4 is 49.3 Å². The number of aromatic nitrogens is 2. The molecule has 1 atom stereocenters. The molecular weight excluding hydrogens is 609 g/mol. The van der Waals surface area contributed by atoms with Gasteiger partial charge in [-0.05, 0) is 59.7 Å². The first kappa shape index (κ1) is 29.8. The van der Waals surface area contributed by atoms with E-state index >= 15 is 0 Å². The molecule has 2 heterocycles. The molecule has 0 spiro atoms. The Kier molecular flexibility index (Phi) is 7.49. The van der Waals surface area contributed by atoms with Crippen molar-refractivity contribution in [2.24, 2.45) is 5.73 Å². The van der Waals surface area contributed by atoms with Gasteiger partial charge in [-0.15, -0.1) is 0 Å². The lowest BCUT2D eigenvalue weighted by molar-refractivity contribution is 0.857. The quantitative estimate of drug-likeness (QED) is 0.173. The first-order chi connectivity index (χ1) is 24.7. The molecule has 0 radical (unpaired) electrons. The number of fused-ring (bicyclic) bond motifs is 6. The standard InChI is InChI=1S/C46H36N4/c47-41(33-17-5-2-6-18-33)30-42(48-31-32-15-3-1-4-16-32)34-27-35(49-43-23-11-7-19-37(43)38-20-8-12-24-44(38)49)29-36(28-34)50-45-25-13-9-21-39(45)40-22-10-14-26-46(40)50/h1-30,41,48H,31,47H2/b42-30-. The fourth-order valence-electron chi connectivity index (χ4n) is 7.41. The fourth-order valence-corrected chi connectivity index (χ4v) is 7.41. The topological polar surface area (TPSA) is 47.9 Å². The van der Waals surface area contributed by atoms with Gasteiger partial charge in [0.05, 0.1) is 28.1 Å². The van der Waals surface area contributed by atoms with Gasteiger partial charge in [-0.25, -0.2) is 0 Å². The lowest BCUT2D eigenvalue weighted by Gasteiger charge is -2.19. The highest BCUT2D eigenvalue weighted by molar-refractivity contribution is 6.10. The third-order valence-electron chi connectivity index (χ3n) is 9.75. The summed E-state index contributed by atoms with van der Waals surface area (Å²) in [6.07, 6.45) is 2.17. The van der Waals surface area contributed by atoms with Crippen LogP contribution in [0.1, 0.15) is 22.7 Å². The van der Waals surface area contributed by atoms with Gasteiger partial charge in [-0.1, -0.05) is 133 Å². The molecule has 3 N–H and O–H groups in total. The van der Waals surface area contributed by atoms with Crippen LogP contribution in [-0.2, 0) is 6.54 Å². The third kappa shape index (κ3) is 5.23. The molecule has 0 saturated heterocycles. The first-order valence-electron chi connectivity index (χ1n) is 17.2. The molecule has 0 aliphatic rings. The van der Waals surface area contributed by atoms with E-state index < -0.39 is 0 Å². The van der Waals surface area contributed by atoms with Crippen molar-refractivity contribution < 1.29 is 0 Å². The summed E-state index contributed by atoms with van der Waals surface area (Å²) in [5, 5.41) is 8.74. The summed E-state index contributed by atoms with van der Waals surface area (Å²) in [7, 11) is 0. The molecule has 0 aliphatic carbocycles. The largest absolute Gasteiger partial charge is 0.381 e. The number of nitrogens with two attached hydrogens (primary N) is 1. The van der Waals surface area contributed by atoms with Gasteiger partial charge in [0, 0.05) is 50.7 Å². The number of nitrogens with one attached hydrogen (secondary N) is 1. The van der Waals surface area contributed by atoms with E-state index in [1.165, 1.54) is 49.2 Å². The second-order valence-corrected chi connectivity index (χ2v) is 12.8. The highest BCUT2D eigenvalue weighted by Crippen LogP contribution is 2.37. The van der Waals surface area contributed by atoms with Crippen LogP contribution in [0, 0.1) is 0 Å². The summed E-state index contributed by atoms with van der Waals surface area (Å²) in [4.78, 5) is 0. The van der Waals surface area contributed by atoms with E-state index in [0.717, 1.165) is 28.2 Å². The molecule has 0 bridgehead atoms. The minimum absolute atomic E-state index is 0.303. The average molecular weight is 645 g/mol. The van der Waals surface area contributed by atoms with Crippen LogP contribution >= 0.6 is 0 Å². The van der Waals surface area contributed by atoms with E-state index in [2.05, 4.69) is 178 Å². The molecule has 9 aromatic rings. The molecule has 0 amide bonds. The lowest BCUT2D eigenvalue weighted by atomic mass is 10.0. The summed E-state index contributed by atoms with van der Waals surface area (Å²) in [5.41, 5.74) is 18.1. The van der Waals surface area contributed by atoms with Gasteiger partial charge < -0.3 is 20.2 Å². The summed E-state index contributed by atoms with van der Waals surface area (Å²) in [5.74, 6) is 0. The van der Waals surface area contributed by atoms with Crippen molar-refractivity contribution in [1.82, 2.24) is 14.5 Å². The monoisotopic (exact) mass is 644 g/mol. The zero-order chi connectivity index (χ0) is 33.4. The van der Waals surface area contributed by atoms with Crippen LogP contribution in [0.3, 0.4) is 0 Å². The Hall–Kier alpha value is -6.36. The molecule has 50 heavy (non-hydrogen) atoms. The zero-order valence-corrected chi connectivity index (χ0v) is 27.6. The molecule has 0 fully saturated rings. The summed E-state index contributed by atoms with van der Waals surface area (Å²) >= 11 is 0. The highest BCUT2D eigenvalue weighted by atomic mass is 15.0. The van der Waals surface area contributed by atoms with Crippen molar-refractivity contribution in [3.05, 3.63) is 199 Å². The molecule has 9 rings (SSSR count). The van der Waals surface area contributed by atoms with E-state index in [-0.39, 0.29) is 6.04 Å². The van der Waals surface area contributed by atoms with Gasteiger partial charge in [0.1, 0.15) is 0 Å². The number of hydrogen-bond donors (Lipinski definition) is 2. The number of rotatable bonds is 8. The summed E-state index contributed by atoms with van der Waals surface area (Å²) in [6.45, 7) is 0.665. The fraction of sp³-hybridized carbons (Fsp3) is 0.0435. The Labute approximate surface area is 291 Å². The van der Waals surface area contributed by atoms with Crippen LogP contribution in [0.15, 0.2) is 182 Å². The van der Waals surface area contributed by atoms with E-state index in [0.29, 0.717) is 6.54 Å². The van der Waals surface area contributed by atoms with Crippen molar-refractivity contribution in [3.63, 3.8) is 0 Å². The SMILES string of the molecule is NC(/C=C(\NCc1ccccc1)c1cc(-n2c3ccccc3c3ccccc32)cc(-n2c3ccccc3c3ccccc32)c1)c1ccccc1.